The molecule has 0 bridgehead atoms. The van der Waals surface area contributed by atoms with Gasteiger partial charge in [-0.05, 0) is 32.9 Å². The molecule has 23 heavy (non-hydrogen) atoms. The molecule has 1 N–H and O–H groups in total. The van der Waals surface area contributed by atoms with Crippen LogP contribution in [0.1, 0.15) is 35.7 Å². The third-order valence-corrected chi connectivity index (χ3v) is 4.19. The van der Waals surface area contributed by atoms with Crippen LogP contribution in [0.2, 0.25) is 0 Å². The van der Waals surface area contributed by atoms with E-state index in [0.717, 1.165) is 35.3 Å². The zero-order valence-electron chi connectivity index (χ0n) is 14.0. The van der Waals surface area contributed by atoms with Gasteiger partial charge >= 0.3 is 0 Å². The molecule has 1 aliphatic heterocycles. The second kappa shape index (κ2) is 6.02. The molecule has 3 rings (SSSR count). The third-order valence-electron chi connectivity index (χ3n) is 4.19. The van der Waals surface area contributed by atoms with Gasteiger partial charge in [-0.15, -0.1) is 0 Å². The van der Waals surface area contributed by atoms with Gasteiger partial charge in [0.1, 0.15) is 17.3 Å². The van der Waals surface area contributed by atoms with Crippen molar-refractivity contribution in [3.8, 4) is 0 Å². The van der Waals surface area contributed by atoms with Gasteiger partial charge in [-0.2, -0.15) is 0 Å². The van der Waals surface area contributed by atoms with Gasteiger partial charge in [-0.1, -0.05) is 0 Å². The Morgan fingerprint density at radius 3 is 2.74 bits per heavy atom. The van der Waals surface area contributed by atoms with Crippen LogP contribution in [0.15, 0.2) is 22.7 Å². The lowest BCUT2D eigenvalue weighted by molar-refractivity contribution is -0.119. The summed E-state index contributed by atoms with van der Waals surface area (Å²) < 4.78 is 5.80. The monoisotopic (exact) mass is 314 g/mol. The molecule has 0 radical (unpaired) electrons. The lowest BCUT2D eigenvalue weighted by atomic mass is 10.0. The number of nitrogens with one attached hydrogen (secondary N) is 1. The number of furan rings is 1. The summed E-state index contributed by atoms with van der Waals surface area (Å²) >= 11 is 0. The van der Waals surface area contributed by atoms with E-state index in [1.54, 1.807) is 13.1 Å². The van der Waals surface area contributed by atoms with Gasteiger partial charge < -0.3 is 14.6 Å². The molecule has 1 aliphatic rings. The van der Waals surface area contributed by atoms with Crippen LogP contribution in [0.25, 0.3) is 0 Å². The van der Waals surface area contributed by atoms with Crippen molar-refractivity contribution in [2.45, 2.75) is 39.7 Å². The summed E-state index contributed by atoms with van der Waals surface area (Å²) in [5.41, 5.74) is 1.78. The van der Waals surface area contributed by atoms with Gasteiger partial charge in [0.25, 0.3) is 0 Å². The topological polar surface area (TPSA) is 71.3 Å². The maximum atomic E-state index is 11.6. The fraction of sp³-hybridized carbons (Fsp3) is 0.471. The summed E-state index contributed by atoms with van der Waals surface area (Å²) in [5.74, 6) is 2.74. The molecule has 1 saturated heterocycles. The smallest absolute Gasteiger partial charge is 0.217 e. The first-order valence-electron chi connectivity index (χ1n) is 7.82. The number of hydrogen-bond acceptors (Lipinski definition) is 5. The van der Waals surface area contributed by atoms with Crippen molar-refractivity contribution in [2.24, 2.45) is 0 Å². The number of carbonyl (C=O) groups is 1. The zero-order chi connectivity index (χ0) is 16.6. The molecular formula is C17H22N4O2. The normalized spacial score (nSPS) is 20.8. The number of aromatic nitrogens is 2. The largest absolute Gasteiger partial charge is 0.466 e. The molecule has 122 valence electrons. The molecule has 1 fully saturated rings. The summed E-state index contributed by atoms with van der Waals surface area (Å²) in [4.78, 5) is 22.8. The second-order valence-corrected chi connectivity index (χ2v) is 6.19. The van der Waals surface area contributed by atoms with Gasteiger partial charge in [0.2, 0.25) is 5.91 Å². The van der Waals surface area contributed by atoms with Gasteiger partial charge in [0.15, 0.2) is 0 Å². The molecule has 2 aromatic heterocycles. The minimum atomic E-state index is -0.0304. The average Bonchev–Trinajstić information content (AvgIpc) is 3.07. The standard InChI is InChI=1S/C17H22N4O2/c1-10-7-18-12(3)17(19-10)21-8-14(15(9-21)20-13(4)22)16-6-5-11(2)23-16/h5-7,14-15H,8-9H2,1-4H3,(H,20,22)/t14-,15-/m1/s1. The highest BCUT2D eigenvalue weighted by atomic mass is 16.3. The SMILES string of the molecule is CC(=O)N[C@@H]1CN(c2nc(C)cnc2C)C[C@H]1c1ccc(C)o1. The first-order chi connectivity index (χ1) is 10.9. The van der Waals surface area contributed by atoms with E-state index >= 15 is 0 Å². The lowest BCUT2D eigenvalue weighted by Gasteiger charge is -2.19. The van der Waals surface area contributed by atoms with Crippen LogP contribution in [0.5, 0.6) is 0 Å². The van der Waals surface area contributed by atoms with Crippen LogP contribution in [-0.4, -0.2) is 35.0 Å². The van der Waals surface area contributed by atoms with E-state index in [4.69, 9.17) is 4.42 Å². The molecule has 0 aliphatic carbocycles. The van der Waals surface area contributed by atoms with Crippen LogP contribution < -0.4 is 10.2 Å². The lowest BCUT2D eigenvalue weighted by Crippen LogP contribution is -2.38. The first kappa shape index (κ1) is 15.5. The van der Waals surface area contributed by atoms with Gasteiger partial charge in [-0.25, -0.2) is 4.98 Å². The number of aryl methyl sites for hydroxylation is 3. The van der Waals surface area contributed by atoms with Crippen LogP contribution in [-0.2, 0) is 4.79 Å². The van der Waals surface area contributed by atoms with Crippen molar-refractivity contribution in [3.63, 3.8) is 0 Å². The summed E-state index contributed by atoms with van der Waals surface area (Å²) in [6.07, 6.45) is 1.77. The summed E-state index contributed by atoms with van der Waals surface area (Å²) in [6.45, 7) is 8.81. The highest BCUT2D eigenvalue weighted by Crippen LogP contribution is 2.32. The van der Waals surface area contributed by atoms with Crippen molar-refractivity contribution in [2.75, 3.05) is 18.0 Å². The number of amides is 1. The summed E-state index contributed by atoms with van der Waals surface area (Å²) in [6, 6.07) is 3.95. The molecule has 1 amide bonds. The maximum Gasteiger partial charge on any atom is 0.217 e. The van der Waals surface area contributed by atoms with Gasteiger partial charge in [0, 0.05) is 26.2 Å². The van der Waals surface area contributed by atoms with Crippen molar-refractivity contribution in [1.29, 1.82) is 0 Å². The molecule has 0 spiro atoms. The third kappa shape index (κ3) is 3.21. The molecule has 6 heteroatoms. The van der Waals surface area contributed by atoms with Crippen LogP contribution in [0.4, 0.5) is 5.82 Å². The van der Waals surface area contributed by atoms with E-state index in [1.165, 1.54) is 0 Å². The fourth-order valence-corrected chi connectivity index (χ4v) is 3.15. The Kier molecular flexibility index (Phi) is 4.07. The van der Waals surface area contributed by atoms with E-state index in [-0.39, 0.29) is 17.9 Å². The molecule has 3 heterocycles. The Hall–Kier alpha value is -2.37. The average molecular weight is 314 g/mol. The van der Waals surface area contributed by atoms with Crippen molar-refractivity contribution < 1.29 is 9.21 Å². The fourth-order valence-electron chi connectivity index (χ4n) is 3.15. The number of hydrogen-bond donors (Lipinski definition) is 1. The zero-order valence-corrected chi connectivity index (χ0v) is 14.0. The van der Waals surface area contributed by atoms with E-state index in [9.17, 15) is 4.79 Å². The number of rotatable bonds is 3. The number of nitrogens with zero attached hydrogens (tertiary/aromatic N) is 3. The molecule has 0 unspecified atom stereocenters. The highest BCUT2D eigenvalue weighted by molar-refractivity contribution is 5.73. The Morgan fingerprint density at radius 1 is 1.30 bits per heavy atom. The molecule has 2 aromatic rings. The molecule has 0 aromatic carbocycles. The van der Waals surface area contributed by atoms with E-state index in [2.05, 4.69) is 20.2 Å². The van der Waals surface area contributed by atoms with Gasteiger partial charge in [0.05, 0.1) is 23.3 Å². The molecule has 2 atom stereocenters. The van der Waals surface area contributed by atoms with Crippen LogP contribution >= 0.6 is 0 Å². The highest BCUT2D eigenvalue weighted by Gasteiger charge is 2.37. The van der Waals surface area contributed by atoms with Crippen LogP contribution in [0.3, 0.4) is 0 Å². The van der Waals surface area contributed by atoms with E-state index in [0.29, 0.717) is 6.54 Å². The second-order valence-electron chi connectivity index (χ2n) is 6.19. The Labute approximate surface area is 135 Å². The van der Waals surface area contributed by atoms with Crippen molar-refractivity contribution in [3.05, 3.63) is 41.2 Å². The number of anilines is 1. The number of carbonyl (C=O) groups excluding carboxylic acids is 1. The summed E-state index contributed by atoms with van der Waals surface area (Å²) in [7, 11) is 0. The van der Waals surface area contributed by atoms with E-state index in [1.807, 2.05) is 32.9 Å². The molecule has 0 saturated carbocycles. The van der Waals surface area contributed by atoms with Crippen LogP contribution in [0, 0.1) is 20.8 Å². The van der Waals surface area contributed by atoms with E-state index < -0.39 is 0 Å². The summed E-state index contributed by atoms with van der Waals surface area (Å²) in [5, 5.41) is 3.04. The quantitative estimate of drug-likeness (QED) is 0.939. The first-order valence-corrected chi connectivity index (χ1v) is 7.82. The molecular weight excluding hydrogens is 292 g/mol. The minimum absolute atomic E-state index is 0.000220. The minimum Gasteiger partial charge on any atom is -0.466 e. The Morgan fingerprint density at radius 2 is 2.09 bits per heavy atom. The Balaban J connectivity index is 1.90. The predicted molar refractivity (Wildman–Crippen MR) is 87.5 cm³/mol. The van der Waals surface area contributed by atoms with Crippen molar-refractivity contribution in [1.82, 2.24) is 15.3 Å². The molecule has 6 nitrogen and oxygen atoms in total. The van der Waals surface area contributed by atoms with Gasteiger partial charge in [-0.3, -0.25) is 9.78 Å². The Bertz CT molecular complexity index is 725. The predicted octanol–water partition coefficient (Wildman–Crippen LogP) is 2.10. The van der Waals surface area contributed by atoms with Crippen molar-refractivity contribution >= 4 is 11.7 Å². The maximum absolute atomic E-state index is 11.6.